The van der Waals surface area contributed by atoms with Gasteiger partial charge in [0.1, 0.15) is 0 Å². The van der Waals surface area contributed by atoms with Crippen molar-refractivity contribution in [1.29, 1.82) is 0 Å². The lowest BCUT2D eigenvalue weighted by atomic mass is 9.79. The molecule has 2 N–H and O–H groups in total. The first kappa shape index (κ1) is 9.97. The van der Waals surface area contributed by atoms with Crippen molar-refractivity contribution in [3.8, 4) is 0 Å². The number of nitrogens with zero attached hydrogens (tertiary/aromatic N) is 1. The topological polar surface area (TPSA) is 46.3 Å². The summed E-state index contributed by atoms with van der Waals surface area (Å²) in [7, 11) is 0. The number of likely N-dealkylation sites (tertiary alicyclic amines) is 1. The molecule has 1 saturated heterocycles. The molecule has 1 saturated carbocycles. The van der Waals surface area contributed by atoms with Crippen molar-refractivity contribution in [2.45, 2.75) is 38.6 Å². The maximum atomic E-state index is 11.9. The Bertz CT molecular complexity index is 215. The van der Waals surface area contributed by atoms with Crippen LogP contribution in [0.15, 0.2) is 0 Å². The third-order valence-corrected chi connectivity index (χ3v) is 3.62. The van der Waals surface area contributed by atoms with Crippen LogP contribution in [0.1, 0.15) is 32.6 Å². The van der Waals surface area contributed by atoms with Gasteiger partial charge in [0.2, 0.25) is 5.91 Å². The Labute approximate surface area is 85.6 Å². The van der Waals surface area contributed by atoms with E-state index in [0.717, 1.165) is 31.8 Å². The monoisotopic (exact) mass is 196 g/mol. The molecule has 2 rings (SSSR count). The molecule has 80 valence electrons. The van der Waals surface area contributed by atoms with Crippen molar-refractivity contribution >= 4 is 5.91 Å². The van der Waals surface area contributed by atoms with Crippen LogP contribution >= 0.6 is 0 Å². The molecule has 0 bridgehead atoms. The lowest BCUT2D eigenvalue weighted by Crippen LogP contribution is -2.48. The van der Waals surface area contributed by atoms with E-state index in [9.17, 15) is 4.79 Å². The molecule has 1 aliphatic heterocycles. The van der Waals surface area contributed by atoms with Gasteiger partial charge in [0.05, 0.1) is 0 Å². The van der Waals surface area contributed by atoms with Gasteiger partial charge in [-0.3, -0.25) is 4.79 Å². The molecule has 2 aliphatic rings. The highest BCUT2D eigenvalue weighted by molar-refractivity contribution is 5.80. The highest BCUT2D eigenvalue weighted by Gasteiger charge is 2.35. The van der Waals surface area contributed by atoms with Crippen LogP contribution in [0, 0.1) is 11.8 Å². The van der Waals surface area contributed by atoms with E-state index >= 15 is 0 Å². The zero-order valence-corrected chi connectivity index (χ0v) is 8.91. The minimum absolute atomic E-state index is 0.249. The molecule has 0 unspecified atom stereocenters. The van der Waals surface area contributed by atoms with Crippen LogP contribution in [0.3, 0.4) is 0 Å². The van der Waals surface area contributed by atoms with Gasteiger partial charge in [-0.15, -0.1) is 0 Å². The molecule has 14 heavy (non-hydrogen) atoms. The zero-order chi connectivity index (χ0) is 10.1. The summed E-state index contributed by atoms with van der Waals surface area (Å²) < 4.78 is 0. The summed E-state index contributed by atoms with van der Waals surface area (Å²) >= 11 is 0. The summed E-state index contributed by atoms with van der Waals surface area (Å²) in [6.07, 6.45) is 4.16. The van der Waals surface area contributed by atoms with Crippen LogP contribution in [0.5, 0.6) is 0 Å². The number of carbonyl (C=O) groups is 1. The van der Waals surface area contributed by atoms with Crippen LogP contribution in [-0.4, -0.2) is 29.9 Å². The van der Waals surface area contributed by atoms with Gasteiger partial charge in [0.25, 0.3) is 0 Å². The van der Waals surface area contributed by atoms with Crippen molar-refractivity contribution in [1.82, 2.24) is 4.90 Å². The number of rotatable bonds is 1. The lowest BCUT2D eigenvalue weighted by molar-refractivity contribution is -0.140. The maximum absolute atomic E-state index is 11.9. The third-order valence-electron chi connectivity index (χ3n) is 3.62. The molecule has 0 aromatic heterocycles. The fourth-order valence-corrected chi connectivity index (χ4v) is 2.35. The highest BCUT2D eigenvalue weighted by atomic mass is 16.2. The summed E-state index contributed by atoms with van der Waals surface area (Å²) in [5, 5.41) is 0. The molecule has 2 fully saturated rings. The van der Waals surface area contributed by atoms with Crippen LogP contribution in [0.25, 0.3) is 0 Å². The summed E-state index contributed by atoms with van der Waals surface area (Å²) in [4.78, 5) is 13.9. The molecular formula is C11H20N2O. The van der Waals surface area contributed by atoms with Crippen molar-refractivity contribution in [3.63, 3.8) is 0 Å². The summed E-state index contributed by atoms with van der Waals surface area (Å²) in [6, 6.07) is 0.285. The van der Waals surface area contributed by atoms with Gasteiger partial charge in [0, 0.05) is 25.0 Å². The van der Waals surface area contributed by atoms with Crippen molar-refractivity contribution < 1.29 is 4.79 Å². The SMILES string of the molecule is CC1CCN(C(=O)C2CC(N)C2)CC1. The van der Waals surface area contributed by atoms with Crippen LogP contribution in [0.2, 0.25) is 0 Å². The number of hydrogen-bond donors (Lipinski definition) is 1. The molecule has 0 aromatic rings. The quantitative estimate of drug-likeness (QED) is 0.679. The Morgan fingerprint density at radius 1 is 1.29 bits per heavy atom. The van der Waals surface area contributed by atoms with E-state index < -0.39 is 0 Å². The predicted octanol–water partition coefficient (Wildman–Crippen LogP) is 0.982. The van der Waals surface area contributed by atoms with Gasteiger partial charge in [-0.2, -0.15) is 0 Å². The van der Waals surface area contributed by atoms with Gasteiger partial charge in [-0.05, 0) is 31.6 Å². The Morgan fingerprint density at radius 3 is 2.36 bits per heavy atom. The smallest absolute Gasteiger partial charge is 0.225 e. The minimum Gasteiger partial charge on any atom is -0.342 e. The second-order valence-electron chi connectivity index (χ2n) is 4.94. The number of carbonyl (C=O) groups excluding carboxylic acids is 1. The van der Waals surface area contributed by atoms with E-state index in [1.54, 1.807) is 0 Å². The van der Waals surface area contributed by atoms with Gasteiger partial charge >= 0.3 is 0 Å². The first-order valence-corrected chi connectivity index (χ1v) is 5.71. The first-order chi connectivity index (χ1) is 6.66. The average molecular weight is 196 g/mol. The number of hydrogen-bond acceptors (Lipinski definition) is 2. The molecule has 0 radical (unpaired) electrons. The predicted molar refractivity (Wildman–Crippen MR) is 55.7 cm³/mol. The van der Waals surface area contributed by atoms with Crippen LogP contribution < -0.4 is 5.73 Å². The molecular weight excluding hydrogens is 176 g/mol. The fourth-order valence-electron chi connectivity index (χ4n) is 2.35. The summed E-state index contributed by atoms with van der Waals surface area (Å²) in [5.74, 6) is 1.40. The summed E-state index contributed by atoms with van der Waals surface area (Å²) in [5.41, 5.74) is 5.69. The molecule has 0 aromatic carbocycles. The van der Waals surface area contributed by atoms with Gasteiger partial charge in [-0.1, -0.05) is 6.92 Å². The molecule has 1 heterocycles. The van der Waals surface area contributed by atoms with Crippen molar-refractivity contribution in [2.24, 2.45) is 17.6 Å². The summed E-state index contributed by atoms with van der Waals surface area (Å²) in [6.45, 7) is 4.19. The van der Waals surface area contributed by atoms with Gasteiger partial charge in [-0.25, -0.2) is 0 Å². The Hall–Kier alpha value is -0.570. The molecule has 0 atom stereocenters. The molecule has 3 nitrogen and oxygen atoms in total. The van der Waals surface area contributed by atoms with E-state index in [1.807, 2.05) is 4.90 Å². The Kier molecular flexibility index (Phi) is 2.77. The number of nitrogens with two attached hydrogens (primary N) is 1. The second kappa shape index (κ2) is 3.89. The first-order valence-electron chi connectivity index (χ1n) is 5.71. The number of amides is 1. The minimum atomic E-state index is 0.249. The highest BCUT2D eigenvalue weighted by Crippen LogP contribution is 2.29. The van der Waals surface area contributed by atoms with E-state index in [1.165, 1.54) is 12.8 Å². The van der Waals surface area contributed by atoms with Crippen LogP contribution in [-0.2, 0) is 4.79 Å². The largest absolute Gasteiger partial charge is 0.342 e. The lowest BCUT2D eigenvalue weighted by Gasteiger charge is -2.38. The Morgan fingerprint density at radius 2 is 1.86 bits per heavy atom. The third kappa shape index (κ3) is 1.92. The van der Waals surface area contributed by atoms with E-state index in [0.29, 0.717) is 5.91 Å². The fraction of sp³-hybridized carbons (Fsp3) is 0.909. The average Bonchev–Trinajstić information content (AvgIpc) is 2.13. The van der Waals surface area contributed by atoms with E-state index in [2.05, 4.69) is 6.92 Å². The van der Waals surface area contributed by atoms with Crippen LogP contribution in [0.4, 0.5) is 0 Å². The standard InChI is InChI=1S/C11H20N2O/c1-8-2-4-13(5-3-8)11(14)9-6-10(12)7-9/h8-10H,2-7,12H2,1H3. The normalized spacial score (nSPS) is 34.0. The van der Waals surface area contributed by atoms with E-state index in [-0.39, 0.29) is 12.0 Å². The zero-order valence-electron chi connectivity index (χ0n) is 8.91. The van der Waals surface area contributed by atoms with Gasteiger partial charge < -0.3 is 10.6 Å². The van der Waals surface area contributed by atoms with Gasteiger partial charge in [0.15, 0.2) is 0 Å². The maximum Gasteiger partial charge on any atom is 0.225 e. The Balaban J connectivity index is 1.81. The molecule has 1 amide bonds. The van der Waals surface area contributed by atoms with E-state index in [4.69, 9.17) is 5.73 Å². The number of piperidine rings is 1. The van der Waals surface area contributed by atoms with Crippen molar-refractivity contribution in [3.05, 3.63) is 0 Å². The second-order valence-corrected chi connectivity index (χ2v) is 4.94. The molecule has 3 heteroatoms. The molecule has 1 aliphatic carbocycles. The van der Waals surface area contributed by atoms with Crippen molar-refractivity contribution in [2.75, 3.05) is 13.1 Å². The molecule has 0 spiro atoms.